The Kier molecular flexibility index (Phi) is 6.96. The van der Waals surface area contributed by atoms with Gasteiger partial charge in [0.25, 0.3) is 0 Å². The number of hydrazine groups is 1. The van der Waals surface area contributed by atoms with E-state index in [9.17, 15) is 4.79 Å². The molecule has 0 spiro atoms. The molecule has 0 saturated carbocycles. The molecule has 0 bridgehead atoms. The van der Waals surface area contributed by atoms with Crippen LogP contribution in [0.1, 0.15) is 5.56 Å². The Labute approximate surface area is 120 Å². The maximum atomic E-state index is 11.2. The largest absolute Gasteiger partial charge is 0.480 e. The number of aliphatic carboxylic acids is 1. The summed E-state index contributed by atoms with van der Waals surface area (Å²) in [5.74, 6) is -0.957. The SMILES string of the molecule is COC(NNC(Cc1ccc(Br)cc1)C(=O)O)OC. The second-order valence-corrected chi connectivity index (χ2v) is 4.73. The van der Waals surface area contributed by atoms with Gasteiger partial charge in [0.1, 0.15) is 6.04 Å². The first-order chi connectivity index (χ1) is 9.06. The zero-order chi connectivity index (χ0) is 14.3. The Morgan fingerprint density at radius 1 is 1.26 bits per heavy atom. The first kappa shape index (κ1) is 16.1. The van der Waals surface area contributed by atoms with Crippen LogP contribution in [0.15, 0.2) is 28.7 Å². The standard InChI is InChI=1S/C12H17BrN2O4/c1-18-12(19-2)15-14-10(11(16)17)7-8-3-5-9(13)6-4-8/h3-6,10,12,14-15H,7H2,1-2H3,(H,16,17). The molecule has 19 heavy (non-hydrogen) atoms. The third-order valence-corrected chi connectivity index (χ3v) is 2.98. The number of halogens is 1. The Hall–Kier alpha value is -0.990. The predicted molar refractivity (Wildman–Crippen MR) is 73.3 cm³/mol. The van der Waals surface area contributed by atoms with E-state index in [0.29, 0.717) is 6.42 Å². The fourth-order valence-corrected chi connectivity index (χ4v) is 1.70. The van der Waals surface area contributed by atoms with Crippen molar-refractivity contribution in [2.75, 3.05) is 14.2 Å². The lowest BCUT2D eigenvalue weighted by Gasteiger charge is -2.20. The lowest BCUT2D eigenvalue weighted by Crippen LogP contribution is -2.51. The van der Waals surface area contributed by atoms with Crippen LogP contribution in [-0.2, 0) is 20.7 Å². The van der Waals surface area contributed by atoms with Crippen molar-refractivity contribution in [2.24, 2.45) is 0 Å². The quantitative estimate of drug-likeness (QED) is 0.489. The van der Waals surface area contributed by atoms with Gasteiger partial charge in [-0.15, -0.1) is 0 Å². The van der Waals surface area contributed by atoms with Crippen molar-refractivity contribution in [1.29, 1.82) is 0 Å². The number of rotatable bonds is 8. The van der Waals surface area contributed by atoms with Crippen LogP contribution in [0.2, 0.25) is 0 Å². The van der Waals surface area contributed by atoms with Crippen molar-refractivity contribution in [3.05, 3.63) is 34.3 Å². The van der Waals surface area contributed by atoms with Gasteiger partial charge in [-0.1, -0.05) is 28.1 Å². The number of hydrogen-bond donors (Lipinski definition) is 3. The molecule has 0 aromatic heterocycles. The molecule has 6 nitrogen and oxygen atoms in total. The summed E-state index contributed by atoms with van der Waals surface area (Å²) in [5, 5.41) is 9.15. The van der Waals surface area contributed by atoms with Gasteiger partial charge in [-0.05, 0) is 24.1 Å². The molecule has 1 unspecified atom stereocenters. The summed E-state index contributed by atoms with van der Waals surface area (Å²) < 4.78 is 10.8. The minimum atomic E-state index is -0.957. The molecule has 1 rings (SSSR count). The first-order valence-corrected chi connectivity index (χ1v) is 6.40. The summed E-state index contributed by atoms with van der Waals surface area (Å²) in [4.78, 5) is 11.2. The fourth-order valence-electron chi connectivity index (χ4n) is 1.44. The number of carbonyl (C=O) groups is 1. The van der Waals surface area contributed by atoms with Crippen LogP contribution in [-0.4, -0.2) is 37.8 Å². The van der Waals surface area contributed by atoms with E-state index in [-0.39, 0.29) is 0 Å². The number of carboxylic acids is 1. The lowest BCUT2D eigenvalue weighted by atomic mass is 10.1. The van der Waals surface area contributed by atoms with Crippen molar-refractivity contribution in [3.63, 3.8) is 0 Å². The van der Waals surface area contributed by atoms with Gasteiger partial charge in [0.15, 0.2) is 0 Å². The Bertz CT molecular complexity index is 395. The van der Waals surface area contributed by atoms with Crippen molar-refractivity contribution in [3.8, 4) is 0 Å². The van der Waals surface area contributed by atoms with Gasteiger partial charge >= 0.3 is 5.97 Å². The summed E-state index contributed by atoms with van der Waals surface area (Å²) >= 11 is 3.33. The second kappa shape index (κ2) is 8.23. The van der Waals surface area contributed by atoms with Gasteiger partial charge in [-0.2, -0.15) is 0 Å². The molecule has 3 N–H and O–H groups in total. The zero-order valence-electron chi connectivity index (χ0n) is 10.7. The van der Waals surface area contributed by atoms with E-state index in [2.05, 4.69) is 26.8 Å². The Morgan fingerprint density at radius 3 is 2.32 bits per heavy atom. The van der Waals surface area contributed by atoms with Crippen molar-refractivity contribution < 1.29 is 19.4 Å². The zero-order valence-corrected chi connectivity index (χ0v) is 12.3. The molecule has 1 aromatic carbocycles. The number of nitrogens with one attached hydrogen (secondary N) is 2. The van der Waals surface area contributed by atoms with Gasteiger partial charge in [0.2, 0.25) is 6.41 Å². The van der Waals surface area contributed by atoms with Gasteiger partial charge in [0, 0.05) is 18.7 Å². The maximum absolute atomic E-state index is 11.2. The highest BCUT2D eigenvalue weighted by molar-refractivity contribution is 9.10. The molecule has 106 valence electrons. The first-order valence-electron chi connectivity index (χ1n) is 5.60. The summed E-state index contributed by atoms with van der Waals surface area (Å²) in [5.41, 5.74) is 6.23. The maximum Gasteiger partial charge on any atom is 0.322 e. The molecule has 7 heteroatoms. The molecule has 0 radical (unpaired) electrons. The van der Waals surface area contributed by atoms with Crippen molar-refractivity contribution in [1.82, 2.24) is 10.9 Å². The number of methoxy groups -OCH3 is 2. The van der Waals surface area contributed by atoms with Crippen LogP contribution in [0, 0.1) is 0 Å². The van der Waals surface area contributed by atoms with E-state index in [4.69, 9.17) is 14.6 Å². The number of carboxylic acid groups (broad SMARTS) is 1. The topological polar surface area (TPSA) is 79.8 Å². The highest BCUT2D eigenvalue weighted by Gasteiger charge is 2.18. The molecule has 1 aromatic rings. The fraction of sp³-hybridized carbons (Fsp3) is 0.417. The van der Waals surface area contributed by atoms with Gasteiger partial charge in [-0.25, -0.2) is 10.9 Å². The van der Waals surface area contributed by atoms with Crippen LogP contribution in [0.4, 0.5) is 0 Å². The molecule has 0 fully saturated rings. The van der Waals surface area contributed by atoms with Crippen LogP contribution >= 0.6 is 15.9 Å². The average molecular weight is 333 g/mol. The van der Waals surface area contributed by atoms with E-state index in [1.165, 1.54) is 14.2 Å². The monoisotopic (exact) mass is 332 g/mol. The van der Waals surface area contributed by atoms with Gasteiger partial charge in [-0.3, -0.25) is 4.79 Å². The van der Waals surface area contributed by atoms with Crippen molar-refractivity contribution in [2.45, 2.75) is 18.9 Å². The molecule has 1 atom stereocenters. The highest BCUT2D eigenvalue weighted by atomic mass is 79.9. The molecule has 0 heterocycles. The normalized spacial score (nSPS) is 12.6. The highest BCUT2D eigenvalue weighted by Crippen LogP contribution is 2.12. The molecule has 0 aliphatic carbocycles. The molecule has 0 amide bonds. The van der Waals surface area contributed by atoms with E-state index < -0.39 is 18.4 Å². The van der Waals surface area contributed by atoms with Crippen LogP contribution in [0.25, 0.3) is 0 Å². The average Bonchev–Trinajstić information content (AvgIpc) is 2.40. The minimum absolute atomic E-state index is 0.343. The Balaban J connectivity index is 2.58. The number of hydrogen-bond acceptors (Lipinski definition) is 5. The Morgan fingerprint density at radius 2 is 1.84 bits per heavy atom. The summed E-state index contributed by atoms with van der Waals surface area (Å²) in [6.07, 6.45) is -0.359. The third kappa shape index (κ3) is 5.66. The number of benzene rings is 1. The number of ether oxygens (including phenoxy) is 2. The lowest BCUT2D eigenvalue weighted by molar-refractivity contribution is -0.146. The second-order valence-electron chi connectivity index (χ2n) is 3.81. The van der Waals surface area contributed by atoms with Crippen LogP contribution < -0.4 is 10.9 Å². The summed E-state index contributed by atoms with van der Waals surface area (Å²) in [7, 11) is 2.90. The van der Waals surface area contributed by atoms with E-state index in [1.807, 2.05) is 24.3 Å². The van der Waals surface area contributed by atoms with Crippen molar-refractivity contribution >= 4 is 21.9 Å². The smallest absolute Gasteiger partial charge is 0.322 e. The molecule has 0 aliphatic heterocycles. The molecular formula is C12H17BrN2O4. The van der Waals surface area contributed by atoms with Gasteiger partial charge < -0.3 is 14.6 Å². The molecule has 0 aliphatic rings. The van der Waals surface area contributed by atoms with E-state index >= 15 is 0 Å². The van der Waals surface area contributed by atoms with Crippen LogP contribution in [0.5, 0.6) is 0 Å². The molecule has 0 saturated heterocycles. The summed E-state index contributed by atoms with van der Waals surface area (Å²) in [6.45, 7) is 0. The predicted octanol–water partition coefficient (Wildman–Crippen LogP) is 1.12. The third-order valence-electron chi connectivity index (χ3n) is 2.45. The van der Waals surface area contributed by atoms with E-state index in [1.54, 1.807) is 0 Å². The summed E-state index contributed by atoms with van der Waals surface area (Å²) in [6, 6.07) is 6.69. The minimum Gasteiger partial charge on any atom is -0.480 e. The molecular weight excluding hydrogens is 316 g/mol. The van der Waals surface area contributed by atoms with Crippen LogP contribution in [0.3, 0.4) is 0 Å². The van der Waals surface area contributed by atoms with E-state index in [0.717, 1.165) is 10.0 Å². The van der Waals surface area contributed by atoms with Gasteiger partial charge in [0.05, 0.1) is 0 Å².